The first-order valence-electron chi connectivity index (χ1n) is 8.37. The Labute approximate surface area is 142 Å². The van der Waals surface area contributed by atoms with Gasteiger partial charge in [0, 0.05) is 45.3 Å². The van der Waals surface area contributed by atoms with E-state index in [1.54, 1.807) is 7.11 Å². The molecule has 0 amide bonds. The molecule has 1 aliphatic heterocycles. The fourth-order valence-electron chi connectivity index (χ4n) is 2.92. The van der Waals surface area contributed by atoms with Gasteiger partial charge in [-0.1, -0.05) is 17.3 Å². The predicted octanol–water partition coefficient (Wildman–Crippen LogP) is 2.19. The molecule has 0 radical (unpaired) electrons. The van der Waals surface area contributed by atoms with Crippen molar-refractivity contribution in [2.75, 3.05) is 46.4 Å². The molecule has 1 fully saturated rings. The largest absolute Gasteiger partial charge is 0.493 e. The van der Waals surface area contributed by atoms with Crippen molar-refractivity contribution in [2.24, 2.45) is 0 Å². The molecule has 1 aromatic heterocycles. The van der Waals surface area contributed by atoms with Crippen molar-refractivity contribution in [1.82, 2.24) is 15.0 Å². The maximum Gasteiger partial charge on any atom is 0.161 e. The molecule has 0 bridgehead atoms. The summed E-state index contributed by atoms with van der Waals surface area (Å²) in [4.78, 5) is 4.84. The fourth-order valence-corrected chi connectivity index (χ4v) is 2.92. The van der Waals surface area contributed by atoms with E-state index in [9.17, 15) is 0 Å². The van der Waals surface area contributed by atoms with Crippen molar-refractivity contribution in [1.29, 1.82) is 0 Å². The van der Waals surface area contributed by atoms with Gasteiger partial charge in [-0.3, -0.25) is 9.80 Å². The molecule has 2 heterocycles. The van der Waals surface area contributed by atoms with Crippen LogP contribution in [0.15, 0.2) is 34.9 Å². The second-order valence-corrected chi connectivity index (χ2v) is 6.05. The van der Waals surface area contributed by atoms with Crippen LogP contribution in [0, 0.1) is 6.92 Å². The van der Waals surface area contributed by atoms with E-state index in [1.165, 1.54) is 0 Å². The van der Waals surface area contributed by atoms with Crippen molar-refractivity contribution in [3.8, 4) is 11.5 Å². The van der Waals surface area contributed by atoms with Gasteiger partial charge in [-0.25, -0.2) is 0 Å². The predicted molar refractivity (Wildman–Crippen MR) is 91.4 cm³/mol. The molecule has 1 saturated heterocycles. The second-order valence-electron chi connectivity index (χ2n) is 6.05. The SMILES string of the molecule is COc1ccccc1OCCN1CCN(Cc2cc(C)on2)CC1. The first kappa shape index (κ1) is 16.8. The Morgan fingerprint density at radius 1 is 1.08 bits per heavy atom. The van der Waals surface area contributed by atoms with E-state index < -0.39 is 0 Å². The minimum atomic E-state index is 0.669. The topological polar surface area (TPSA) is 51.0 Å². The van der Waals surface area contributed by atoms with Gasteiger partial charge in [0.15, 0.2) is 11.5 Å². The average molecular weight is 331 g/mol. The lowest BCUT2D eigenvalue weighted by atomic mass is 10.3. The van der Waals surface area contributed by atoms with Crippen molar-refractivity contribution >= 4 is 0 Å². The van der Waals surface area contributed by atoms with Crippen LogP contribution in [0.3, 0.4) is 0 Å². The molecular weight excluding hydrogens is 306 g/mol. The Bertz CT molecular complexity index is 636. The van der Waals surface area contributed by atoms with E-state index >= 15 is 0 Å². The third kappa shape index (κ3) is 4.49. The Morgan fingerprint density at radius 3 is 2.46 bits per heavy atom. The number of benzene rings is 1. The minimum absolute atomic E-state index is 0.669. The van der Waals surface area contributed by atoms with E-state index in [-0.39, 0.29) is 0 Å². The highest BCUT2D eigenvalue weighted by Gasteiger charge is 2.18. The lowest BCUT2D eigenvalue weighted by Crippen LogP contribution is -2.47. The van der Waals surface area contributed by atoms with E-state index in [2.05, 4.69) is 15.0 Å². The zero-order chi connectivity index (χ0) is 16.8. The quantitative estimate of drug-likeness (QED) is 0.775. The first-order valence-corrected chi connectivity index (χ1v) is 8.37. The van der Waals surface area contributed by atoms with Crippen LogP contribution in [-0.2, 0) is 6.54 Å². The van der Waals surface area contributed by atoms with E-state index in [4.69, 9.17) is 14.0 Å². The van der Waals surface area contributed by atoms with Gasteiger partial charge in [0.2, 0.25) is 0 Å². The standard InChI is InChI=1S/C18H25N3O3/c1-15-13-16(19-24-15)14-21-9-7-20(8-10-21)11-12-23-18-6-4-3-5-17(18)22-2/h3-6,13H,7-12,14H2,1-2H3. The highest BCUT2D eigenvalue weighted by Crippen LogP contribution is 2.25. The molecule has 24 heavy (non-hydrogen) atoms. The van der Waals surface area contributed by atoms with Crippen LogP contribution in [0.25, 0.3) is 0 Å². The lowest BCUT2D eigenvalue weighted by molar-refractivity contribution is 0.110. The monoisotopic (exact) mass is 331 g/mol. The maximum atomic E-state index is 5.85. The number of hydrogen-bond acceptors (Lipinski definition) is 6. The highest BCUT2D eigenvalue weighted by atomic mass is 16.5. The Balaban J connectivity index is 1.38. The maximum absolute atomic E-state index is 5.85. The number of aryl methyl sites for hydroxylation is 1. The molecule has 0 N–H and O–H groups in total. The number of hydrogen-bond donors (Lipinski definition) is 0. The van der Waals surface area contributed by atoms with E-state index in [0.29, 0.717) is 6.61 Å². The van der Waals surface area contributed by atoms with Crippen LogP contribution in [0.2, 0.25) is 0 Å². The number of methoxy groups -OCH3 is 1. The molecule has 3 rings (SSSR count). The van der Waals surface area contributed by atoms with Crippen molar-refractivity contribution in [2.45, 2.75) is 13.5 Å². The molecule has 6 nitrogen and oxygen atoms in total. The van der Waals surface area contributed by atoms with Crippen LogP contribution in [0.4, 0.5) is 0 Å². The molecule has 1 aromatic carbocycles. The van der Waals surface area contributed by atoms with Crippen molar-refractivity contribution in [3.05, 3.63) is 41.8 Å². The molecule has 6 heteroatoms. The number of rotatable bonds is 7. The van der Waals surface area contributed by atoms with Gasteiger partial charge < -0.3 is 14.0 Å². The van der Waals surface area contributed by atoms with Crippen LogP contribution < -0.4 is 9.47 Å². The Kier molecular flexibility index (Phi) is 5.72. The van der Waals surface area contributed by atoms with Crippen LogP contribution in [-0.4, -0.2) is 61.4 Å². The number of piperazine rings is 1. The summed E-state index contributed by atoms with van der Waals surface area (Å²) >= 11 is 0. The Hall–Kier alpha value is -2.05. The fraction of sp³-hybridized carbons (Fsp3) is 0.500. The van der Waals surface area contributed by atoms with Crippen LogP contribution >= 0.6 is 0 Å². The number of ether oxygens (including phenoxy) is 2. The summed E-state index contributed by atoms with van der Waals surface area (Å²) in [6.07, 6.45) is 0. The normalized spacial score (nSPS) is 16.2. The van der Waals surface area contributed by atoms with E-state index in [0.717, 1.165) is 62.2 Å². The van der Waals surface area contributed by atoms with Crippen LogP contribution in [0.5, 0.6) is 11.5 Å². The Morgan fingerprint density at radius 2 is 1.79 bits per heavy atom. The van der Waals surface area contributed by atoms with Gasteiger partial charge in [-0.05, 0) is 19.1 Å². The van der Waals surface area contributed by atoms with Gasteiger partial charge in [0.25, 0.3) is 0 Å². The summed E-state index contributed by atoms with van der Waals surface area (Å²) < 4.78 is 16.3. The summed E-state index contributed by atoms with van der Waals surface area (Å²) in [5.74, 6) is 2.46. The summed E-state index contributed by atoms with van der Waals surface area (Å²) in [6, 6.07) is 9.77. The highest BCUT2D eigenvalue weighted by molar-refractivity contribution is 5.39. The molecule has 2 aromatic rings. The molecule has 0 saturated carbocycles. The summed E-state index contributed by atoms with van der Waals surface area (Å²) in [5.41, 5.74) is 1.01. The van der Waals surface area contributed by atoms with Gasteiger partial charge in [0.05, 0.1) is 12.8 Å². The molecule has 0 aliphatic carbocycles. The van der Waals surface area contributed by atoms with E-state index in [1.807, 2.05) is 37.3 Å². The average Bonchev–Trinajstić information content (AvgIpc) is 3.02. The molecular formula is C18H25N3O3. The van der Waals surface area contributed by atoms with Crippen molar-refractivity contribution in [3.63, 3.8) is 0 Å². The second kappa shape index (κ2) is 8.17. The number of aromatic nitrogens is 1. The first-order chi connectivity index (χ1) is 11.7. The van der Waals surface area contributed by atoms with Crippen LogP contribution in [0.1, 0.15) is 11.5 Å². The lowest BCUT2D eigenvalue weighted by Gasteiger charge is -2.34. The summed E-state index contributed by atoms with van der Waals surface area (Å²) in [5, 5.41) is 4.07. The molecule has 0 spiro atoms. The number of para-hydroxylation sites is 2. The minimum Gasteiger partial charge on any atom is -0.493 e. The zero-order valence-corrected chi connectivity index (χ0v) is 14.4. The van der Waals surface area contributed by atoms with Crippen molar-refractivity contribution < 1.29 is 14.0 Å². The van der Waals surface area contributed by atoms with Gasteiger partial charge in [0.1, 0.15) is 12.4 Å². The third-order valence-corrected chi connectivity index (χ3v) is 4.26. The van der Waals surface area contributed by atoms with Gasteiger partial charge in [-0.2, -0.15) is 0 Å². The molecule has 130 valence electrons. The molecule has 0 unspecified atom stereocenters. The zero-order valence-electron chi connectivity index (χ0n) is 14.4. The van der Waals surface area contributed by atoms with Gasteiger partial charge >= 0.3 is 0 Å². The summed E-state index contributed by atoms with van der Waals surface area (Å²) in [7, 11) is 1.66. The van der Waals surface area contributed by atoms with Gasteiger partial charge in [-0.15, -0.1) is 0 Å². The number of nitrogens with zero attached hydrogens (tertiary/aromatic N) is 3. The summed E-state index contributed by atoms with van der Waals surface area (Å²) in [6.45, 7) is 8.57. The molecule has 0 atom stereocenters. The smallest absolute Gasteiger partial charge is 0.161 e. The molecule has 1 aliphatic rings. The third-order valence-electron chi connectivity index (χ3n) is 4.26.